The first-order chi connectivity index (χ1) is 16.4. The minimum absolute atomic E-state index is 0.0615. The molecule has 0 spiro atoms. The Kier molecular flexibility index (Phi) is 10.2. The predicted molar refractivity (Wildman–Crippen MR) is 140 cm³/mol. The molecule has 0 aromatic heterocycles. The fraction of sp³-hybridized carbons (Fsp3) is 0.417. The molecule has 11 heteroatoms. The molecule has 2 amide bonds. The van der Waals surface area contributed by atoms with E-state index in [2.05, 4.69) is 5.32 Å². The number of anilines is 1. The molecule has 0 saturated heterocycles. The van der Waals surface area contributed by atoms with Crippen LogP contribution in [0.4, 0.5) is 5.69 Å². The maximum atomic E-state index is 13.6. The number of nitrogens with zero attached hydrogens (tertiary/aromatic N) is 2. The van der Waals surface area contributed by atoms with Gasteiger partial charge in [-0.05, 0) is 56.2 Å². The number of carbonyl (C=O) groups excluding carboxylic acids is 2. The highest BCUT2D eigenvalue weighted by molar-refractivity contribution is 7.92. The van der Waals surface area contributed by atoms with Crippen LogP contribution in [-0.2, 0) is 26.2 Å². The lowest BCUT2D eigenvalue weighted by molar-refractivity contribution is -0.139. The zero-order valence-corrected chi connectivity index (χ0v) is 22.7. The van der Waals surface area contributed by atoms with Crippen molar-refractivity contribution >= 4 is 50.7 Å². The smallest absolute Gasteiger partial charge is 0.244 e. The van der Waals surface area contributed by atoms with E-state index in [-0.39, 0.29) is 34.2 Å². The number of carbonyl (C=O) groups is 2. The van der Waals surface area contributed by atoms with Gasteiger partial charge in [-0.3, -0.25) is 13.9 Å². The van der Waals surface area contributed by atoms with Gasteiger partial charge in [0.05, 0.1) is 24.1 Å². The zero-order chi connectivity index (χ0) is 26.3. The lowest BCUT2D eigenvalue weighted by atomic mass is 10.1. The minimum atomic E-state index is -3.92. The van der Waals surface area contributed by atoms with Crippen LogP contribution in [0.3, 0.4) is 0 Å². The van der Waals surface area contributed by atoms with E-state index in [0.717, 1.165) is 17.0 Å². The quantitative estimate of drug-likeness (QED) is 0.460. The van der Waals surface area contributed by atoms with Crippen molar-refractivity contribution in [3.8, 4) is 5.75 Å². The molecule has 0 fully saturated rings. The Bertz CT molecular complexity index is 1160. The van der Waals surface area contributed by atoms with Crippen LogP contribution in [0, 0.1) is 0 Å². The third-order valence-corrected chi connectivity index (χ3v) is 7.19. The molecule has 2 aromatic carbocycles. The van der Waals surface area contributed by atoms with Crippen LogP contribution in [-0.4, -0.2) is 57.1 Å². The van der Waals surface area contributed by atoms with Crippen molar-refractivity contribution in [1.29, 1.82) is 0 Å². The number of ether oxygens (including phenoxy) is 1. The molecular formula is C24H31Cl2N3O5S. The summed E-state index contributed by atoms with van der Waals surface area (Å²) in [6, 6.07) is 10.5. The summed E-state index contributed by atoms with van der Waals surface area (Å²) in [7, 11) is -2.39. The van der Waals surface area contributed by atoms with Gasteiger partial charge in [-0.15, -0.1) is 0 Å². The van der Waals surface area contributed by atoms with Crippen molar-refractivity contribution in [3.05, 3.63) is 58.1 Å². The van der Waals surface area contributed by atoms with Gasteiger partial charge in [0.15, 0.2) is 0 Å². The van der Waals surface area contributed by atoms with Gasteiger partial charge >= 0.3 is 0 Å². The standard InChI is InChI=1S/C24H31Cl2N3O5S/c1-6-16(2)27-24(31)17(3)28(14-18-8-7-9-20(12-18)34-4)23(30)15-29(35(5,32)33)22-13-19(25)10-11-21(22)26/h7-13,16-17H,6,14-15H2,1-5H3,(H,27,31)/t16-,17-/m0/s1. The van der Waals surface area contributed by atoms with E-state index in [1.165, 1.54) is 30.2 Å². The Labute approximate surface area is 217 Å². The molecule has 0 aliphatic rings. The third-order valence-electron chi connectivity index (χ3n) is 5.51. The summed E-state index contributed by atoms with van der Waals surface area (Å²) in [5.41, 5.74) is 0.792. The molecule has 0 aliphatic carbocycles. The van der Waals surface area contributed by atoms with Gasteiger partial charge < -0.3 is 15.0 Å². The molecule has 0 heterocycles. The second-order valence-electron chi connectivity index (χ2n) is 8.23. The van der Waals surface area contributed by atoms with E-state index in [1.54, 1.807) is 31.2 Å². The average Bonchev–Trinajstić information content (AvgIpc) is 2.81. The van der Waals surface area contributed by atoms with E-state index in [0.29, 0.717) is 11.3 Å². The number of sulfonamides is 1. The summed E-state index contributed by atoms with van der Waals surface area (Å²) in [5.74, 6) is -0.335. The van der Waals surface area contributed by atoms with E-state index < -0.39 is 28.5 Å². The Morgan fingerprint density at radius 2 is 1.80 bits per heavy atom. The van der Waals surface area contributed by atoms with Gasteiger partial charge in [0.1, 0.15) is 18.3 Å². The lowest BCUT2D eigenvalue weighted by Gasteiger charge is -2.32. The first-order valence-corrected chi connectivity index (χ1v) is 13.6. The Morgan fingerprint density at radius 3 is 2.40 bits per heavy atom. The highest BCUT2D eigenvalue weighted by Crippen LogP contribution is 2.31. The first-order valence-electron chi connectivity index (χ1n) is 11.0. The van der Waals surface area contributed by atoms with Crippen LogP contribution >= 0.6 is 23.2 Å². The molecule has 0 unspecified atom stereocenters. The second-order valence-corrected chi connectivity index (χ2v) is 11.0. The van der Waals surface area contributed by atoms with E-state index in [1.807, 2.05) is 13.8 Å². The van der Waals surface area contributed by atoms with Crippen molar-refractivity contribution in [2.45, 2.75) is 45.8 Å². The molecule has 2 aromatic rings. The topological polar surface area (TPSA) is 96.0 Å². The maximum absolute atomic E-state index is 13.6. The molecule has 0 bridgehead atoms. The van der Waals surface area contributed by atoms with Crippen LogP contribution in [0.15, 0.2) is 42.5 Å². The monoisotopic (exact) mass is 543 g/mol. The van der Waals surface area contributed by atoms with Crippen LogP contribution in [0.5, 0.6) is 5.75 Å². The van der Waals surface area contributed by atoms with Gasteiger partial charge in [-0.2, -0.15) is 0 Å². The van der Waals surface area contributed by atoms with Gasteiger partial charge in [0, 0.05) is 17.6 Å². The summed E-state index contributed by atoms with van der Waals surface area (Å²) < 4.78 is 31.4. The summed E-state index contributed by atoms with van der Waals surface area (Å²) in [6.45, 7) is 4.90. The van der Waals surface area contributed by atoms with Crippen molar-refractivity contribution in [2.24, 2.45) is 0 Å². The van der Waals surface area contributed by atoms with Crippen LogP contribution in [0.25, 0.3) is 0 Å². The lowest BCUT2D eigenvalue weighted by Crippen LogP contribution is -2.52. The van der Waals surface area contributed by atoms with Gasteiger partial charge in [-0.25, -0.2) is 8.42 Å². The Morgan fingerprint density at radius 1 is 1.11 bits per heavy atom. The minimum Gasteiger partial charge on any atom is -0.497 e. The molecule has 2 rings (SSSR count). The SMILES string of the molecule is CC[C@H](C)NC(=O)[C@H](C)N(Cc1cccc(OC)c1)C(=O)CN(c1cc(Cl)ccc1Cl)S(C)(=O)=O. The normalized spacial score (nSPS) is 13.0. The number of hydrogen-bond donors (Lipinski definition) is 1. The number of nitrogens with one attached hydrogen (secondary N) is 1. The third kappa shape index (κ3) is 8.02. The van der Waals surface area contributed by atoms with Crippen molar-refractivity contribution in [3.63, 3.8) is 0 Å². The number of benzene rings is 2. The van der Waals surface area contributed by atoms with E-state index in [9.17, 15) is 18.0 Å². The number of methoxy groups -OCH3 is 1. The van der Waals surface area contributed by atoms with Crippen LogP contribution < -0.4 is 14.4 Å². The predicted octanol–water partition coefficient (Wildman–Crippen LogP) is 4.10. The van der Waals surface area contributed by atoms with Crippen molar-refractivity contribution < 1.29 is 22.7 Å². The van der Waals surface area contributed by atoms with Gasteiger partial charge in [-0.1, -0.05) is 42.3 Å². The summed E-state index contributed by atoms with van der Waals surface area (Å²) in [6.07, 6.45) is 1.69. The summed E-state index contributed by atoms with van der Waals surface area (Å²) in [4.78, 5) is 27.8. The molecule has 35 heavy (non-hydrogen) atoms. The molecule has 192 valence electrons. The molecule has 1 N–H and O–H groups in total. The highest BCUT2D eigenvalue weighted by atomic mass is 35.5. The van der Waals surface area contributed by atoms with Crippen molar-refractivity contribution in [1.82, 2.24) is 10.2 Å². The summed E-state index contributed by atoms with van der Waals surface area (Å²) >= 11 is 12.3. The summed E-state index contributed by atoms with van der Waals surface area (Å²) in [5, 5.41) is 3.26. The van der Waals surface area contributed by atoms with Crippen LogP contribution in [0.2, 0.25) is 10.0 Å². The van der Waals surface area contributed by atoms with Crippen molar-refractivity contribution in [2.75, 3.05) is 24.2 Å². The van der Waals surface area contributed by atoms with E-state index >= 15 is 0 Å². The molecule has 8 nitrogen and oxygen atoms in total. The highest BCUT2D eigenvalue weighted by Gasteiger charge is 2.31. The second kappa shape index (κ2) is 12.5. The van der Waals surface area contributed by atoms with Gasteiger partial charge in [0.25, 0.3) is 0 Å². The molecule has 2 atom stereocenters. The largest absolute Gasteiger partial charge is 0.497 e. The Hall–Kier alpha value is -2.49. The Balaban J connectivity index is 2.44. The molecule has 0 saturated carbocycles. The number of hydrogen-bond acceptors (Lipinski definition) is 5. The average molecular weight is 545 g/mol. The number of halogens is 2. The molecule has 0 aliphatic heterocycles. The number of amides is 2. The fourth-order valence-electron chi connectivity index (χ4n) is 3.29. The molecule has 0 radical (unpaired) electrons. The maximum Gasteiger partial charge on any atom is 0.244 e. The van der Waals surface area contributed by atoms with E-state index in [4.69, 9.17) is 27.9 Å². The number of rotatable bonds is 11. The molecular weight excluding hydrogens is 513 g/mol. The zero-order valence-electron chi connectivity index (χ0n) is 20.4. The van der Waals surface area contributed by atoms with Gasteiger partial charge in [0.2, 0.25) is 21.8 Å². The van der Waals surface area contributed by atoms with Crippen LogP contribution in [0.1, 0.15) is 32.8 Å². The fourth-order valence-corrected chi connectivity index (χ4v) is 4.58. The first kappa shape index (κ1) is 28.7.